The molecule has 27 heavy (non-hydrogen) atoms. The number of carbonyl (C=O) groups excluding carboxylic acids is 1. The van der Waals surface area contributed by atoms with Crippen molar-refractivity contribution in [3.63, 3.8) is 0 Å². The molecule has 1 amide bonds. The maximum Gasteiger partial charge on any atom is 0.251 e. The van der Waals surface area contributed by atoms with Gasteiger partial charge < -0.3 is 14.6 Å². The maximum absolute atomic E-state index is 12.3. The number of benzene rings is 1. The van der Waals surface area contributed by atoms with Crippen LogP contribution in [0.5, 0.6) is 0 Å². The molecule has 0 unspecified atom stereocenters. The van der Waals surface area contributed by atoms with E-state index in [0.717, 1.165) is 37.5 Å². The van der Waals surface area contributed by atoms with Crippen molar-refractivity contribution in [1.82, 2.24) is 15.1 Å². The number of hydrogen-bond donors (Lipinski definition) is 1. The van der Waals surface area contributed by atoms with E-state index in [0.29, 0.717) is 18.5 Å². The molecule has 0 saturated heterocycles. The highest BCUT2D eigenvalue weighted by Gasteiger charge is 2.18. The van der Waals surface area contributed by atoms with Crippen molar-refractivity contribution in [2.45, 2.75) is 32.9 Å². The molecule has 1 aliphatic rings. The number of nitrogens with one attached hydrogen (secondary N) is 1. The molecular formula is C21H24N4O2. The van der Waals surface area contributed by atoms with Gasteiger partial charge in [0.25, 0.3) is 5.91 Å². The lowest BCUT2D eigenvalue weighted by Gasteiger charge is -2.29. The Bertz CT molecular complexity index is 897. The molecule has 0 aliphatic carbocycles. The summed E-state index contributed by atoms with van der Waals surface area (Å²) in [4.78, 5) is 14.6. The molecule has 4 rings (SSSR count). The maximum atomic E-state index is 12.3. The van der Waals surface area contributed by atoms with Crippen molar-refractivity contribution in [2.24, 2.45) is 0 Å². The van der Waals surface area contributed by atoms with E-state index >= 15 is 0 Å². The molecule has 1 aliphatic heterocycles. The second-order valence-electron chi connectivity index (χ2n) is 6.92. The standard InChI is InChI=1S/C21H24N4O2/c1-16-14-20-24(11-3-12-25(20)23-16)15-17-5-7-18(8-6-17)21(26)22-10-9-19-4-2-13-27-19/h2,4-8,13-14H,3,9-12,15H2,1H3,(H,22,26). The number of aryl methyl sites for hydroxylation is 2. The van der Waals surface area contributed by atoms with Crippen molar-refractivity contribution in [3.05, 3.63) is 71.3 Å². The SMILES string of the molecule is Cc1cc2n(n1)CCCN2Cc1ccc(C(=O)NCCc2ccco2)cc1. The van der Waals surface area contributed by atoms with Crippen LogP contribution in [0.4, 0.5) is 5.82 Å². The summed E-state index contributed by atoms with van der Waals surface area (Å²) in [6.07, 6.45) is 3.44. The first-order chi connectivity index (χ1) is 13.2. The Balaban J connectivity index is 1.34. The van der Waals surface area contributed by atoms with E-state index in [2.05, 4.69) is 26.1 Å². The minimum atomic E-state index is -0.0558. The third-order valence-corrected chi connectivity index (χ3v) is 4.83. The van der Waals surface area contributed by atoms with Gasteiger partial charge in [-0.25, -0.2) is 4.68 Å². The summed E-state index contributed by atoms with van der Waals surface area (Å²) in [7, 11) is 0. The topological polar surface area (TPSA) is 63.3 Å². The number of hydrogen-bond acceptors (Lipinski definition) is 4. The zero-order valence-corrected chi connectivity index (χ0v) is 15.5. The van der Waals surface area contributed by atoms with Gasteiger partial charge in [0, 0.05) is 44.2 Å². The molecule has 1 N–H and O–H groups in total. The number of furan rings is 1. The van der Waals surface area contributed by atoms with Gasteiger partial charge in [-0.05, 0) is 43.2 Å². The summed E-state index contributed by atoms with van der Waals surface area (Å²) in [6, 6.07) is 13.8. The first-order valence-corrected chi connectivity index (χ1v) is 9.38. The van der Waals surface area contributed by atoms with Gasteiger partial charge in [0.2, 0.25) is 0 Å². The van der Waals surface area contributed by atoms with Crippen LogP contribution in [0, 0.1) is 6.92 Å². The fourth-order valence-corrected chi connectivity index (χ4v) is 3.47. The van der Waals surface area contributed by atoms with Crippen LogP contribution in [-0.2, 0) is 19.5 Å². The lowest BCUT2D eigenvalue weighted by molar-refractivity contribution is 0.0953. The van der Waals surface area contributed by atoms with Crippen molar-refractivity contribution in [3.8, 4) is 0 Å². The Kier molecular flexibility index (Phi) is 4.96. The van der Waals surface area contributed by atoms with Crippen LogP contribution in [0.3, 0.4) is 0 Å². The van der Waals surface area contributed by atoms with Crippen molar-refractivity contribution < 1.29 is 9.21 Å². The molecule has 140 valence electrons. The minimum absolute atomic E-state index is 0.0558. The molecule has 0 fully saturated rings. The molecule has 2 aromatic heterocycles. The molecule has 1 aromatic carbocycles. The molecule has 0 saturated carbocycles. The minimum Gasteiger partial charge on any atom is -0.469 e. The average Bonchev–Trinajstić information content (AvgIpc) is 3.31. The van der Waals surface area contributed by atoms with Crippen LogP contribution in [0.1, 0.15) is 33.8 Å². The van der Waals surface area contributed by atoms with Crippen LogP contribution >= 0.6 is 0 Å². The summed E-state index contributed by atoms with van der Waals surface area (Å²) in [5.41, 5.74) is 2.92. The molecule has 0 radical (unpaired) electrons. The second-order valence-corrected chi connectivity index (χ2v) is 6.92. The number of carbonyl (C=O) groups is 1. The molecular weight excluding hydrogens is 340 g/mol. The van der Waals surface area contributed by atoms with Crippen LogP contribution in [0.15, 0.2) is 53.1 Å². The van der Waals surface area contributed by atoms with Crippen molar-refractivity contribution in [2.75, 3.05) is 18.0 Å². The van der Waals surface area contributed by atoms with Crippen molar-refractivity contribution >= 4 is 11.7 Å². The summed E-state index contributed by atoms with van der Waals surface area (Å²) >= 11 is 0. The fraction of sp³-hybridized carbons (Fsp3) is 0.333. The monoisotopic (exact) mass is 364 g/mol. The quantitative estimate of drug-likeness (QED) is 0.730. The number of aromatic nitrogens is 2. The summed E-state index contributed by atoms with van der Waals surface area (Å²) < 4.78 is 7.36. The molecule has 0 atom stereocenters. The predicted molar refractivity (Wildman–Crippen MR) is 104 cm³/mol. The predicted octanol–water partition coefficient (Wildman–Crippen LogP) is 3.17. The molecule has 3 heterocycles. The molecule has 0 spiro atoms. The number of rotatable bonds is 6. The average molecular weight is 364 g/mol. The van der Waals surface area contributed by atoms with E-state index in [1.165, 1.54) is 11.4 Å². The molecule has 0 bridgehead atoms. The van der Waals surface area contributed by atoms with Gasteiger partial charge in [-0.3, -0.25) is 4.79 Å². The van der Waals surface area contributed by atoms with E-state index in [1.807, 2.05) is 43.3 Å². The first kappa shape index (κ1) is 17.4. The molecule has 6 heteroatoms. The lowest BCUT2D eigenvalue weighted by Crippen LogP contribution is -2.31. The van der Waals surface area contributed by atoms with E-state index in [4.69, 9.17) is 4.42 Å². The van der Waals surface area contributed by atoms with Gasteiger partial charge >= 0.3 is 0 Å². The zero-order valence-electron chi connectivity index (χ0n) is 15.5. The fourth-order valence-electron chi connectivity index (χ4n) is 3.47. The van der Waals surface area contributed by atoms with Crippen LogP contribution in [-0.4, -0.2) is 28.8 Å². The van der Waals surface area contributed by atoms with Gasteiger partial charge in [0.1, 0.15) is 11.6 Å². The zero-order chi connectivity index (χ0) is 18.6. The summed E-state index contributed by atoms with van der Waals surface area (Å²) in [5, 5.41) is 7.48. The smallest absolute Gasteiger partial charge is 0.251 e. The number of nitrogens with zero attached hydrogens (tertiary/aromatic N) is 3. The van der Waals surface area contributed by atoms with E-state index in [9.17, 15) is 4.79 Å². The lowest BCUT2D eigenvalue weighted by atomic mass is 10.1. The third kappa shape index (κ3) is 4.05. The first-order valence-electron chi connectivity index (χ1n) is 9.38. The third-order valence-electron chi connectivity index (χ3n) is 4.83. The normalized spacial score (nSPS) is 13.4. The van der Waals surface area contributed by atoms with E-state index < -0.39 is 0 Å². The highest BCUT2D eigenvalue weighted by molar-refractivity contribution is 5.94. The number of amides is 1. The Hall–Kier alpha value is -3.02. The Morgan fingerprint density at radius 3 is 2.85 bits per heavy atom. The Morgan fingerprint density at radius 1 is 1.22 bits per heavy atom. The highest BCUT2D eigenvalue weighted by Crippen LogP contribution is 2.23. The van der Waals surface area contributed by atoms with Gasteiger partial charge in [-0.2, -0.15) is 5.10 Å². The number of anilines is 1. The largest absolute Gasteiger partial charge is 0.469 e. The van der Waals surface area contributed by atoms with E-state index in [1.54, 1.807) is 6.26 Å². The van der Waals surface area contributed by atoms with Crippen LogP contribution < -0.4 is 10.2 Å². The van der Waals surface area contributed by atoms with Gasteiger partial charge in [0.05, 0.1) is 12.0 Å². The Labute approximate surface area is 158 Å². The van der Waals surface area contributed by atoms with Crippen molar-refractivity contribution in [1.29, 1.82) is 0 Å². The highest BCUT2D eigenvalue weighted by atomic mass is 16.3. The second kappa shape index (κ2) is 7.70. The van der Waals surface area contributed by atoms with Crippen LogP contribution in [0.2, 0.25) is 0 Å². The number of fused-ring (bicyclic) bond motifs is 1. The van der Waals surface area contributed by atoms with Gasteiger partial charge in [-0.1, -0.05) is 12.1 Å². The summed E-state index contributed by atoms with van der Waals surface area (Å²) in [6.45, 7) is 5.43. The van der Waals surface area contributed by atoms with Gasteiger partial charge in [0.15, 0.2) is 0 Å². The molecule has 6 nitrogen and oxygen atoms in total. The van der Waals surface area contributed by atoms with Gasteiger partial charge in [-0.15, -0.1) is 0 Å². The summed E-state index contributed by atoms with van der Waals surface area (Å²) in [5.74, 6) is 2.00. The Morgan fingerprint density at radius 2 is 2.07 bits per heavy atom. The molecule has 3 aromatic rings. The van der Waals surface area contributed by atoms with E-state index in [-0.39, 0.29) is 5.91 Å². The van der Waals surface area contributed by atoms with Crippen LogP contribution in [0.25, 0.3) is 0 Å².